The highest BCUT2D eigenvalue weighted by Crippen LogP contribution is 2.50. The second kappa shape index (κ2) is 18.4. The summed E-state index contributed by atoms with van der Waals surface area (Å²) in [7, 11) is -14.4. The smallest absolute Gasteiger partial charge is 0.356 e. The van der Waals surface area contributed by atoms with Crippen molar-refractivity contribution in [2.24, 2.45) is 0 Å². The van der Waals surface area contributed by atoms with Crippen LogP contribution in [0.15, 0.2) is 245 Å². The predicted molar refractivity (Wildman–Crippen MR) is 306 cm³/mol. The van der Waals surface area contributed by atoms with Gasteiger partial charge in [-0.25, -0.2) is 16.8 Å². The first-order valence-electron chi connectivity index (χ1n) is 24.2. The molecule has 368 valence electrons. The minimum Gasteiger partial charge on any atom is -0.407 e. The van der Waals surface area contributed by atoms with Crippen LogP contribution < -0.4 is 8.15 Å². The summed E-state index contributed by atoms with van der Waals surface area (Å²) in [4.78, 5) is -0.0189. The maximum Gasteiger partial charge on any atom is 0.356 e. The number of rotatable bonds is 9. The largest absolute Gasteiger partial charge is 0.407 e. The maximum atomic E-state index is 15.8. The van der Waals surface area contributed by atoms with Gasteiger partial charge in [-0.05, 0) is 117 Å². The molecule has 2 heterocycles. The van der Waals surface area contributed by atoms with Crippen LogP contribution in [0.4, 0.5) is 5.69 Å². The third-order valence-electron chi connectivity index (χ3n) is 13.7. The first kappa shape index (κ1) is 46.7. The van der Waals surface area contributed by atoms with Crippen LogP contribution >= 0.6 is 16.3 Å². The molecule has 0 amide bonds. The summed E-state index contributed by atoms with van der Waals surface area (Å²) in [5.74, 6) is 0. The Labute approximate surface area is 433 Å². The average molecular weight is 1060 g/mol. The van der Waals surface area contributed by atoms with Gasteiger partial charge in [0.05, 0.1) is 22.0 Å². The Morgan fingerprint density at radius 3 is 1.09 bits per heavy atom. The molecule has 0 aliphatic rings. The first-order chi connectivity index (χ1) is 36.5. The van der Waals surface area contributed by atoms with Crippen molar-refractivity contribution in [2.75, 3.05) is 8.15 Å². The highest BCUT2D eigenvalue weighted by atomic mass is 32.2. The van der Waals surface area contributed by atoms with Crippen LogP contribution in [-0.2, 0) is 26.6 Å². The summed E-state index contributed by atoms with van der Waals surface area (Å²) >= 11 is 0. The van der Waals surface area contributed by atoms with Crippen molar-refractivity contribution < 1.29 is 33.6 Å². The SMILES string of the molecule is Cc1ccc(S(=O)(=O)N(Cc2ccccc2N(p2oc3ccc4ccccc4c3c3c(ccc4ccccc43)o2)S(=O)(=O)c2ccc(C)cc2)p2oc3ccc4ccccc4c3c3c(ccc4ccccc43)o2)cc1. The van der Waals surface area contributed by atoms with E-state index in [4.69, 9.17) is 16.8 Å². The molecule has 75 heavy (non-hydrogen) atoms. The zero-order valence-corrected chi connectivity index (χ0v) is 43.8. The minimum absolute atomic E-state index is 0.00129. The number of anilines is 1. The molecule has 0 fully saturated rings. The van der Waals surface area contributed by atoms with E-state index in [0.29, 0.717) is 27.9 Å². The summed E-state index contributed by atoms with van der Waals surface area (Å²) in [6, 6.07) is 67.3. The molecule has 0 atom stereocenters. The highest BCUT2D eigenvalue weighted by Gasteiger charge is 2.37. The second-order valence-electron chi connectivity index (χ2n) is 18.5. The number of hydrogen-bond donors (Lipinski definition) is 0. The lowest BCUT2D eigenvalue weighted by Crippen LogP contribution is -2.30. The van der Waals surface area contributed by atoms with Gasteiger partial charge in [0, 0.05) is 21.5 Å². The molecule has 10 nitrogen and oxygen atoms in total. The van der Waals surface area contributed by atoms with E-state index in [2.05, 4.69) is 0 Å². The topological polar surface area (TPSA) is 127 Å². The van der Waals surface area contributed by atoms with Gasteiger partial charge in [0.1, 0.15) is 22.3 Å². The summed E-state index contributed by atoms with van der Waals surface area (Å²) in [6.45, 7) is 3.37. The van der Waals surface area contributed by atoms with Gasteiger partial charge in [0.25, 0.3) is 20.0 Å². The number of nitrogens with zero attached hydrogens (tertiary/aromatic N) is 2. The Balaban J connectivity index is 1.10. The van der Waals surface area contributed by atoms with Crippen LogP contribution in [0.3, 0.4) is 0 Å². The molecule has 0 unspecified atom stereocenters. The molecule has 2 aromatic heterocycles. The van der Waals surface area contributed by atoms with Crippen LogP contribution in [0.1, 0.15) is 16.7 Å². The summed E-state index contributed by atoms with van der Waals surface area (Å²) < 4.78 is 93.5. The fraction of sp³-hybridized carbons (Fsp3) is 0.0492. The standard InChI is InChI=1S/C61H44N2O8P2S2/c1-40-23-31-47(32-24-40)74(64,65)62(72-68-54-35-27-42-13-3-8-18-49(42)58(54)59-50-19-9-4-14-43(50)28-36-55(59)69-72)39-46-17-7-12-22-53(46)63(75(66,67)48-33-25-41(2)26-34-48)73-70-56-37-29-44-15-5-10-20-51(44)60(56)61-52-21-11-6-16-45(52)30-38-57(61)71-73/h3-38H,39H2,1-2H3. The number of benzene rings is 11. The summed E-state index contributed by atoms with van der Waals surface area (Å²) in [5, 5.41) is 10.5. The molecular formula is C61H44N2O8P2S2. The van der Waals surface area contributed by atoms with Crippen molar-refractivity contribution in [3.8, 4) is 0 Å². The molecule has 0 aliphatic carbocycles. The molecule has 11 aromatic carbocycles. The second-order valence-corrected chi connectivity index (χ2v) is 25.2. The van der Waals surface area contributed by atoms with E-state index >= 15 is 16.8 Å². The molecule has 0 N–H and O–H groups in total. The molecule has 13 rings (SSSR count). The van der Waals surface area contributed by atoms with E-state index in [1.807, 2.05) is 159 Å². The van der Waals surface area contributed by atoms with E-state index in [1.54, 1.807) is 72.8 Å². The quantitative estimate of drug-likeness (QED) is 0.140. The molecule has 0 spiro atoms. The molecule has 14 heteroatoms. The van der Waals surface area contributed by atoms with Gasteiger partial charge in [0.2, 0.25) is 0 Å². The molecule has 0 radical (unpaired) electrons. The van der Waals surface area contributed by atoms with Crippen molar-refractivity contribution in [3.05, 3.63) is 235 Å². The number of aryl methyl sites for hydroxylation is 2. The maximum absolute atomic E-state index is 15.8. The third-order valence-corrected chi connectivity index (χ3v) is 21.3. The average Bonchev–Trinajstić information content (AvgIpc) is 3.71. The van der Waals surface area contributed by atoms with Gasteiger partial charge < -0.3 is 16.8 Å². The Bertz CT molecular complexity index is 4580. The van der Waals surface area contributed by atoms with Gasteiger partial charge >= 0.3 is 16.3 Å². The van der Waals surface area contributed by atoms with Crippen LogP contribution in [0.5, 0.6) is 0 Å². The number of para-hydroxylation sites is 1. The van der Waals surface area contributed by atoms with E-state index in [9.17, 15) is 0 Å². The van der Waals surface area contributed by atoms with Crippen LogP contribution in [0, 0.1) is 13.8 Å². The Morgan fingerprint density at radius 2 is 0.693 bits per heavy atom. The molecule has 13 aromatic rings. The predicted octanol–water partition coefficient (Wildman–Crippen LogP) is 17.3. The van der Waals surface area contributed by atoms with Crippen LogP contribution in [-0.4, -0.2) is 16.8 Å². The first-order valence-corrected chi connectivity index (χ1v) is 29.3. The number of hydrogen-bond acceptors (Lipinski definition) is 8. The van der Waals surface area contributed by atoms with Gasteiger partial charge in [-0.1, -0.05) is 179 Å². The minimum atomic E-state index is -4.59. The van der Waals surface area contributed by atoms with Crippen molar-refractivity contribution >= 4 is 129 Å². The Hall–Kier alpha value is -8.08. The zero-order chi connectivity index (χ0) is 51.0. The fourth-order valence-corrected chi connectivity index (χ4v) is 16.9. The van der Waals surface area contributed by atoms with E-state index in [1.165, 1.54) is 8.15 Å². The van der Waals surface area contributed by atoms with Crippen molar-refractivity contribution in [1.82, 2.24) is 0 Å². The van der Waals surface area contributed by atoms with E-state index in [0.717, 1.165) is 75.8 Å². The molecule has 0 bridgehead atoms. The Morgan fingerprint density at radius 1 is 0.360 bits per heavy atom. The van der Waals surface area contributed by atoms with Gasteiger partial charge in [0.15, 0.2) is 0 Å². The molecule has 0 aliphatic heterocycles. The fourth-order valence-electron chi connectivity index (χ4n) is 10.0. The number of fused-ring (bicyclic) bond motifs is 14. The van der Waals surface area contributed by atoms with E-state index in [-0.39, 0.29) is 15.5 Å². The lowest BCUT2D eigenvalue weighted by atomic mass is 9.99. The monoisotopic (exact) mass is 1060 g/mol. The Kier molecular flexibility index (Phi) is 11.4. The van der Waals surface area contributed by atoms with Crippen molar-refractivity contribution in [3.63, 3.8) is 0 Å². The van der Waals surface area contributed by atoms with Gasteiger partial charge in [-0.3, -0.25) is 0 Å². The highest BCUT2D eigenvalue weighted by molar-refractivity contribution is 7.98. The lowest BCUT2D eigenvalue weighted by molar-refractivity contribution is 0.586. The summed E-state index contributed by atoms with van der Waals surface area (Å²) in [6.07, 6.45) is 0. The van der Waals surface area contributed by atoms with Crippen molar-refractivity contribution in [2.45, 2.75) is 30.2 Å². The van der Waals surface area contributed by atoms with Gasteiger partial charge in [-0.15, -0.1) is 0 Å². The van der Waals surface area contributed by atoms with Gasteiger partial charge in [-0.2, -0.15) is 4.08 Å². The molecule has 0 saturated heterocycles. The van der Waals surface area contributed by atoms with E-state index < -0.39 is 42.9 Å². The van der Waals surface area contributed by atoms with Crippen LogP contribution in [0.2, 0.25) is 0 Å². The number of sulfonamides is 2. The summed E-state index contributed by atoms with van der Waals surface area (Å²) in [5.41, 5.74) is 3.85. The molecular weight excluding hydrogens is 1010 g/mol. The van der Waals surface area contributed by atoms with Crippen LogP contribution in [0.25, 0.3) is 87.0 Å². The normalized spacial score (nSPS) is 12.3. The van der Waals surface area contributed by atoms with Crippen molar-refractivity contribution in [1.29, 1.82) is 0 Å². The molecule has 0 saturated carbocycles. The lowest BCUT2D eigenvalue weighted by Gasteiger charge is -2.25. The zero-order valence-electron chi connectivity index (χ0n) is 40.4. The third kappa shape index (κ3) is 8.05.